The molecule has 6 nitrogen and oxygen atoms in total. The summed E-state index contributed by atoms with van der Waals surface area (Å²) in [6.45, 7) is 2.29. The highest BCUT2D eigenvalue weighted by atomic mass is 127. The molecule has 0 amide bonds. The second kappa shape index (κ2) is 10.3. The molecule has 3 aromatic rings. The molecule has 0 saturated carbocycles. The number of hydrogen-bond acceptors (Lipinski definition) is 3. The van der Waals surface area contributed by atoms with Crippen LogP contribution in [-0.2, 0) is 19.4 Å². The molecular formula is C22H26IN5O. The molecule has 0 bridgehead atoms. The highest BCUT2D eigenvalue weighted by molar-refractivity contribution is 14.0. The monoisotopic (exact) mass is 503 g/mol. The van der Waals surface area contributed by atoms with Gasteiger partial charge in [0.25, 0.3) is 0 Å². The van der Waals surface area contributed by atoms with E-state index in [1.54, 1.807) is 7.05 Å². The Labute approximate surface area is 188 Å². The summed E-state index contributed by atoms with van der Waals surface area (Å²) in [4.78, 5) is 4.30. The number of hydrogen-bond donors (Lipinski definition) is 2. The summed E-state index contributed by atoms with van der Waals surface area (Å²) < 4.78 is 7.45. The topological polar surface area (TPSA) is 63.5 Å². The van der Waals surface area contributed by atoms with Crippen molar-refractivity contribution in [2.24, 2.45) is 4.99 Å². The summed E-state index contributed by atoms with van der Waals surface area (Å²) in [5, 5.41) is 11.1. The molecule has 0 atom stereocenters. The summed E-state index contributed by atoms with van der Waals surface area (Å²) in [5.74, 6) is 1.82. The van der Waals surface area contributed by atoms with E-state index in [0.29, 0.717) is 6.54 Å². The van der Waals surface area contributed by atoms with Crippen LogP contribution < -0.4 is 15.4 Å². The molecule has 2 heterocycles. The van der Waals surface area contributed by atoms with Crippen LogP contribution in [0, 0.1) is 0 Å². The summed E-state index contributed by atoms with van der Waals surface area (Å²) in [7, 11) is 1.79. The summed E-state index contributed by atoms with van der Waals surface area (Å²) in [5.41, 5.74) is 4.79. The maximum Gasteiger partial charge on any atom is 0.191 e. The number of halogens is 1. The van der Waals surface area contributed by atoms with E-state index >= 15 is 0 Å². The number of guanidine groups is 1. The lowest BCUT2D eigenvalue weighted by Crippen LogP contribution is -2.37. The molecule has 1 aliphatic heterocycles. The first kappa shape index (κ1) is 21.2. The van der Waals surface area contributed by atoms with Crippen LogP contribution in [0.2, 0.25) is 0 Å². The lowest BCUT2D eigenvalue weighted by Gasteiger charge is -2.11. The predicted molar refractivity (Wildman–Crippen MR) is 127 cm³/mol. The first-order valence-electron chi connectivity index (χ1n) is 9.60. The fourth-order valence-electron chi connectivity index (χ4n) is 3.30. The fraction of sp³-hybridized carbons (Fsp3) is 0.273. The Morgan fingerprint density at radius 1 is 1.14 bits per heavy atom. The standard InChI is InChI=1S/C22H25N5O.HI/c1-23-22(24-11-9-17-7-8-21-19(13-17)10-12-28-21)25-14-18-15-26-27(16-18)20-5-3-2-4-6-20;/h2-8,13,15-16H,9-12,14H2,1H3,(H2,23,24,25);1H. The number of benzene rings is 2. The minimum atomic E-state index is 0. The van der Waals surface area contributed by atoms with Gasteiger partial charge in [-0.05, 0) is 35.7 Å². The lowest BCUT2D eigenvalue weighted by molar-refractivity contribution is 0.357. The minimum absolute atomic E-state index is 0. The number of aliphatic imine (C=N–C) groups is 1. The van der Waals surface area contributed by atoms with Gasteiger partial charge in [0.2, 0.25) is 0 Å². The number of nitrogens with one attached hydrogen (secondary N) is 2. The maximum absolute atomic E-state index is 5.57. The predicted octanol–water partition coefficient (Wildman–Crippen LogP) is 3.33. The van der Waals surface area contributed by atoms with E-state index in [2.05, 4.69) is 38.9 Å². The third-order valence-corrected chi connectivity index (χ3v) is 4.80. The van der Waals surface area contributed by atoms with Gasteiger partial charge in [-0.1, -0.05) is 30.3 Å². The van der Waals surface area contributed by atoms with Crippen molar-refractivity contribution < 1.29 is 4.74 Å². The number of fused-ring (bicyclic) bond motifs is 1. The van der Waals surface area contributed by atoms with Crippen LogP contribution in [0.1, 0.15) is 16.7 Å². The van der Waals surface area contributed by atoms with Crippen molar-refractivity contribution in [3.8, 4) is 11.4 Å². The Hall–Kier alpha value is -2.55. The number of aromatic nitrogens is 2. The molecule has 2 N–H and O–H groups in total. The molecule has 0 fully saturated rings. The van der Waals surface area contributed by atoms with Gasteiger partial charge in [0.1, 0.15) is 5.75 Å². The number of nitrogens with zero attached hydrogens (tertiary/aromatic N) is 3. The molecule has 0 aliphatic carbocycles. The normalized spacial score (nSPS) is 12.7. The van der Waals surface area contributed by atoms with Gasteiger partial charge in [-0.25, -0.2) is 4.68 Å². The molecule has 0 unspecified atom stereocenters. The minimum Gasteiger partial charge on any atom is -0.493 e. The van der Waals surface area contributed by atoms with E-state index in [1.807, 2.05) is 47.4 Å². The van der Waals surface area contributed by atoms with Crippen molar-refractivity contribution in [3.05, 3.63) is 77.6 Å². The van der Waals surface area contributed by atoms with Gasteiger partial charge in [0.05, 0.1) is 18.5 Å². The number of para-hydroxylation sites is 1. The highest BCUT2D eigenvalue weighted by Gasteiger charge is 2.11. The Morgan fingerprint density at radius 3 is 2.83 bits per heavy atom. The van der Waals surface area contributed by atoms with Crippen LogP contribution in [0.25, 0.3) is 5.69 Å². The van der Waals surface area contributed by atoms with Crippen molar-refractivity contribution in [2.75, 3.05) is 20.2 Å². The summed E-state index contributed by atoms with van der Waals surface area (Å²) in [6.07, 6.45) is 5.86. The van der Waals surface area contributed by atoms with Crippen molar-refractivity contribution in [1.82, 2.24) is 20.4 Å². The van der Waals surface area contributed by atoms with Crippen LogP contribution in [0.15, 0.2) is 65.9 Å². The van der Waals surface area contributed by atoms with Gasteiger partial charge in [-0.2, -0.15) is 5.10 Å². The second-order valence-corrected chi connectivity index (χ2v) is 6.77. The average Bonchev–Trinajstić information content (AvgIpc) is 3.40. The van der Waals surface area contributed by atoms with Crippen LogP contribution in [0.4, 0.5) is 0 Å². The van der Waals surface area contributed by atoms with Crippen molar-refractivity contribution >= 4 is 29.9 Å². The van der Waals surface area contributed by atoms with Gasteiger partial charge in [-0.15, -0.1) is 24.0 Å². The third-order valence-electron chi connectivity index (χ3n) is 4.80. The smallest absolute Gasteiger partial charge is 0.191 e. The number of rotatable bonds is 6. The molecule has 4 rings (SSSR count). The SMILES string of the molecule is CN=C(NCCc1ccc2c(c1)CCO2)NCc1cnn(-c2ccccc2)c1.I. The summed E-state index contributed by atoms with van der Waals surface area (Å²) in [6, 6.07) is 16.6. The first-order valence-corrected chi connectivity index (χ1v) is 9.60. The second-order valence-electron chi connectivity index (χ2n) is 6.77. The van der Waals surface area contributed by atoms with Crippen LogP contribution in [0.3, 0.4) is 0 Å². The van der Waals surface area contributed by atoms with Gasteiger partial charge in [0, 0.05) is 38.3 Å². The Balaban J connectivity index is 0.00000240. The Morgan fingerprint density at radius 2 is 2.00 bits per heavy atom. The maximum atomic E-state index is 5.57. The van der Waals surface area contributed by atoms with Crippen molar-refractivity contribution in [3.63, 3.8) is 0 Å². The van der Waals surface area contributed by atoms with E-state index in [4.69, 9.17) is 4.74 Å². The first-order chi connectivity index (χ1) is 13.8. The zero-order valence-corrected chi connectivity index (χ0v) is 18.8. The Bertz CT molecular complexity index is 955. The van der Waals surface area contributed by atoms with Crippen LogP contribution >= 0.6 is 24.0 Å². The largest absolute Gasteiger partial charge is 0.493 e. The molecule has 29 heavy (non-hydrogen) atoms. The molecule has 152 valence electrons. The average molecular weight is 503 g/mol. The number of ether oxygens (including phenoxy) is 1. The van der Waals surface area contributed by atoms with E-state index in [0.717, 1.165) is 49.0 Å². The van der Waals surface area contributed by atoms with Gasteiger partial charge < -0.3 is 15.4 Å². The molecule has 1 aromatic heterocycles. The van der Waals surface area contributed by atoms with E-state index < -0.39 is 0 Å². The van der Waals surface area contributed by atoms with Crippen molar-refractivity contribution in [1.29, 1.82) is 0 Å². The van der Waals surface area contributed by atoms with Crippen LogP contribution in [0.5, 0.6) is 5.75 Å². The van der Waals surface area contributed by atoms with Gasteiger partial charge in [-0.3, -0.25) is 4.99 Å². The quantitative estimate of drug-likeness (QED) is 0.308. The van der Waals surface area contributed by atoms with E-state index in [-0.39, 0.29) is 24.0 Å². The molecule has 2 aromatic carbocycles. The van der Waals surface area contributed by atoms with Crippen molar-refractivity contribution in [2.45, 2.75) is 19.4 Å². The van der Waals surface area contributed by atoms with E-state index in [9.17, 15) is 0 Å². The molecule has 0 saturated heterocycles. The van der Waals surface area contributed by atoms with Gasteiger partial charge in [0.15, 0.2) is 5.96 Å². The fourth-order valence-corrected chi connectivity index (χ4v) is 3.30. The zero-order valence-electron chi connectivity index (χ0n) is 16.5. The molecule has 0 radical (unpaired) electrons. The van der Waals surface area contributed by atoms with E-state index in [1.165, 1.54) is 11.1 Å². The molecular weight excluding hydrogens is 477 g/mol. The highest BCUT2D eigenvalue weighted by Crippen LogP contribution is 2.25. The van der Waals surface area contributed by atoms with Gasteiger partial charge >= 0.3 is 0 Å². The zero-order chi connectivity index (χ0) is 19.2. The Kier molecular flexibility index (Phi) is 7.51. The molecule has 0 spiro atoms. The van der Waals surface area contributed by atoms with Crippen LogP contribution in [-0.4, -0.2) is 35.9 Å². The molecule has 7 heteroatoms. The summed E-state index contributed by atoms with van der Waals surface area (Å²) >= 11 is 0. The molecule has 1 aliphatic rings. The third kappa shape index (κ3) is 5.50. The lowest BCUT2D eigenvalue weighted by atomic mass is 10.1.